The second-order valence-corrected chi connectivity index (χ2v) is 13.7. The van der Waals surface area contributed by atoms with Gasteiger partial charge in [-0.3, -0.25) is 0 Å². The van der Waals surface area contributed by atoms with Gasteiger partial charge in [0.2, 0.25) is 0 Å². The Morgan fingerprint density at radius 2 is 0.468 bits per heavy atom. The average molecular weight is 910 g/mol. The fourth-order valence-electron chi connectivity index (χ4n) is 4.38. The average Bonchev–Trinajstić information content (AvgIpc) is 3.25. The highest BCUT2D eigenvalue weighted by Crippen LogP contribution is 2.10. The maximum absolute atomic E-state index is 12.7. The maximum atomic E-state index is 12.7. The van der Waals surface area contributed by atoms with Crippen LogP contribution in [0.5, 0.6) is 0 Å². The number of aliphatic hydroxyl groups excluding tert-OH is 2. The van der Waals surface area contributed by atoms with Gasteiger partial charge in [-0.1, -0.05) is 0 Å². The zero-order valence-electron chi connectivity index (χ0n) is 38.1. The molecule has 0 rings (SSSR count). The molecule has 372 valence electrons. The molecule has 0 spiro atoms. The van der Waals surface area contributed by atoms with Gasteiger partial charge >= 0.3 is 6.09 Å². The van der Waals surface area contributed by atoms with Crippen molar-refractivity contribution in [2.45, 2.75) is 26.4 Å². The third-order valence-corrected chi connectivity index (χ3v) is 7.34. The van der Waals surface area contributed by atoms with Crippen LogP contribution < -0.4 is 0 Å². The standard InChI is InChI=1S/C41H83NO20/c1-41(2,3)62-40(45)42(4-8-46-12-16-50-20-24-54-28-32-58-36-38-60-34-30-56-26-22-52-18-14-48-10-6-43)5-9-47-13-17-51-21-25-55-29-33-59-37-39-61-35-31-57-27-23-53-19-15-49-11-7-44/h43-44H,4-39H2,1-3H3. The molecule has 0 radical (unpaired) electrons. The molecule has 0 fully saturated rings. The van der Waals surface area contributed by atoms with Crippen LogP contribution >= 0.6 is 0 Å². The third kappa shape index (κ3) is 51.2. The second kappa shape index (κ2) is 50.5. The molecule has 62 heavy (non-hydrogen) atoms. The van der Waals surface area contributed by atoms with Gasteiger partial charge in [-0.05, 0) is 20.8 Å². The highest BCUT2D eigenvalue weighted by molar-refractivity contribution is 5.68. The molecule has 0 saturated carbocycles. The highest BCUT2D eigenvalue weighted by atomic mass is 16.6. The molecule has 0 aliphatic heterocycles. The van der Waals surface area contributed by atoms with Crippen molar-refractivity contribution in [1.29, 1.82) is 0 Å². The first kappa shape index (κ1) is 60.5. The van der Waals surface area contributed by atoms with E-state index >= 15 is 0 Å². The van der Waals surface area contributed by atoms with Crippen molar-refractivity contribution >= 4 is 6.09 Å². The summed E-state index contributed by atoms with van der Waals surface area (Å²) in [5.74, 6) is 0. The fraction of sp³-hybridized carbons (Fsp3) is 0.976. The predicted octanol–water partition coefficient (Wildman–Crippen LogP) is 0.474. The lowest BCUT2D eigenvalue weighted by atomic mass is 10.2. The van der Waals surface area contributed by atoms with Crippen molar-refractivity contribution in [2.24, 2.45) is 0 Å². The van der Waals surface area contributed by atoms with Crippen LogP contribution in [0, 0.1) is 0 Å². The molecule has 0 heterocycles. The van der Waals surface area contributed by atoms with Crippen molar-refractivity contribution in [3.05, 3.63) is 0 Å². The van der Waals surface area contributed by atoms with E-state index < -0.39 is 11.7 Å². The van der Waals surface area contributed by atoms with Crippen LogP contribution in [0.1, 0.15) is 20.8 Å². The van der Waals surface area contributed by atoms with Gasteiger partial charge in [-0.15, -0.1) is 0 Å². The number of ether oxygens (including phenoxy) is 17. The minimum absolute atomic E-state index is 0.0123. The molecule has 1 amide bonds. The van der Waals surface area contributed by atoms with E-state index in [0.717, 1.165) is 0 Å². The van der Waals surface area contributed by atoms with E-state index in [4.69, 9.17) is 90.7 Å². The van der Waals surface area contributed by atoms with Crippen molar-refractivity contribution in [3.63, 3.8) is 0 Å². The summed E-state index contributed by atoms with van der Waals surface area (Å²) in [6.07, 6.45) is -0.428. The summed E-state index contributed by atoms with van der Waals surface area (Å²) < 4.78 is 92.7. The molecule has 0 bridgehead atoms. The van der Waals surface area contributed by atoms with Crippen molar-refractivity contribution in [1.82, 2.24) is 4.90 Å². The minimum Gasteiger partial charge on any atom is -0.444 e. The van der Waals surface area contributed by atoms with E-state index in [9.17, 15) is 4.79 Å². The molecule has 0 aromatic heterocycles. The topological polar surface area (TPSA) is 218 Å². The Balaban J connectivity index is 3.61. The Bertz CT molecular complexity index is 823. The van der Waals surface area contributed by atoms with Gasteiger partial charge in [0.25, 0.3) is 0 Å². The maximum Gasteiger partial charge on any atom is 0.410 e. The Labute approximate surface area is 370 Å². The molecule has 0 saturated heterocycles. The summed E-state index contributed by atoms with van der Waals surface area (Å²) in [4.78, 5) is 14.3. The monoisotopic (exact) mass is 910 g/mol. The van der Waals surface area contributed by atoms with Gasteiger partial charge < -0.3 is 95.6 Å². The van der Waals surface area contributed by atoms with Crippen molar-refractivity contribution < 1.29 is 95.5 Å². The zero-order chi connectivity index (χ0) is 45.1. The third-order valence-electron chi connectivity index (χ3n) is 7.34. The molecule has 21 nitrogen and oxygen atoms in total. The molecule has 0 aliphatic carbocycles. The first-order chi connectivity index (χ1) is 30.4. The van der Waals surface area contributed by atoms with Crippen molar-refractivity contribution in [3.8, 4) is 0 Å². The van der Waals surface area contributed by atoms with Crippen LogP contribution in [0.4, 0.5) is 4.79 Å². The molecular weight excluding hydrogens is 826 g/mol. The van der Waals surface area contributed by atoms with Crippen LogP contribution in [0.25, 0.3) is 0 Å². The fourth-order valence-corrected chi connectivity index (χ4v) is 4.38. The number of rotatable bonds is 52. The summed E-state index contributed by atoms with van der Waals surface area (Å²) in [6, 6.07) is 0. The van der Waals surface area contributed by atoms with Crippen LogP contribution in [0.15, 0.2) is 0 Å². The van der Waals surface area contributed by atoms with Gasteiger partial charge in [0.15, 0.2) is 0 Å². The summed E-state index contributed by atoms with van der Waals surface area (Å²) in [5, 5.41) is 17.2. The number of carbonyl (C=O) groups excluding carboxylic acids is 1. The van der Waals surface area contributed by atoms with E-state index in [1.165, 1.54) is 0 Å². The first-order valence-corrected chi connectivity index (χ1v) is 21.8. The largest absolute Gasteiger partial charge is 0.444 e. The van der Waals surface area contributed by atoms with Gasteiger partial charge in [-0.2, -0.15) is 0 Å². The number of amides is 1. The predicted molar refractivity (Wildman–Crippen MR) is 225 cm³/mol. The van der Waals surface area contributed by atoms with Crippen LogP contribution in [0.3, 0.4) is 0 Å². The van der Waals surface area contributed by atoms with Crippen LogP contribution in [-0.4, -0.2) is 265 Å². The van der Waals surface area contributed by atoms with Crippen LogP contribution in [0.2, 0.25) is 0 Å². The lowest BCUT2D eigenvalue weighted by Gasteiger charge is -2.27. The van der Waals surface area contributed by atoms with Gasteiger partial charge in [0, 0.05) is 13.1 Å². The smallest absolute Gasteiger partial charge is 0.410 e. The number of hydrogen-bond donors (Lipinski definition) is 2. The number of hydrogen-bond acceptors (Lipinski definition) is 20. The van der Waals surface area contributed by atoms with E-state index in [2.05, 4.69) is 0 Å². The zero-order valence-corrected chi connectivity index (χ0v) is 38.1. The van der Waals surface area contributed by atoms with Crippen molar-refractivity contribution in [2.75, 3.05) is 238 Å². The molecule has 0 aromatic rings. The molecule has 0 unspecified atom stereocenters. The number of carbonyl (C=O) groups is 1. The van der Waals surface area contributed by atoms with Gasteiger partial charge in [-0.25, -0.2) is 4.79 Å². The van der Waals surface area contributed by atoms with Gasteiger partial charge in [0.05, 0.1) is 225 Å². The Morgan fingerprint density at radius 1 is 0.306 bits per heavy atom. The Hall–Kier alpha value is -1.45. The summed E-state index contributed by atoms with van der Waals surface area (Å²) >= 11 is 0. The number of nitrogens with zero attached hydrogens (tertiary/aromatic N) is 1. The lowest BCUT2D eigenvalue weighted by molar-refractivity contribution is -0.0260. The Kier molecular flexibility index (Phi) is 49.4. The van der Waals surface area contributed by atoms with E-state index in [-0.39, 0.29) is 13.2 Å². The molecule has 2 N–H and O–H groups in total. The molecule has 0 aromatic carbocycles. The summed E-state index contributed by atoms with van der Waals surface area (Å²) in [7, 11) is 0. The first-order valence-electron chi connectivity index (χ1n) is 21.8. The van der Waals surface area contributed by atoms with E-state index in [1.807, 2.05) is 20.8 Å². The van der Waals surface area contributed by atoms with Gasteiger partial charge in [0.1, 0.15) is 5.60 Å². The SMILES string of the molecule is CC(C)(C)OC(=O)N(CCOCCOCCOCCOCCOCCOCCOCCOCCO)CCOCCOCCOCCOCCOCCOCCOCCOCCO. The lowest BCUT2D eigenvalue weighted by Crippen LogP contribution is -2.40. The second-order valence-electron chi connectivity index (χ2n) is 13.7. The molecular formula is C41H83NO20. The van der Waals surface area contributed by atoms with E-state index in [1.54, 1.807) is 4.90 Å². The quantitative estimate of drug-likeness (QED) is 0.0793. The van der Waals surface area contributed by atoms with E-state index in [0.29, 0.717) is 225 Å². The molecule has 21 heteroatoms. The normalized spacial score (nSPS) is 11.8. The van der Waals surface area contributed by atoms with Crippen LogP contribution in [-0.2, 0) is 80.5 Å². The molecule has 0 atom stereocenters. The highest BCUT2D eigenvalue weighted by Gasteiger charge is 2.22. The molecule has 0 aliphatic rings. The minimum atomic E-state index is -0.623. The summed E-state index contributed by atoms with van der Waals surface area (Å²) in [5.41, 5.74) is -0.623. The Morgan fingerprint density at radius 3 is 0.629 bits per heavy atom. The summed E-state index contributed by atoms with van der Waals surface area (Å²) in [6.45, 7) is 20.2. The number of aliphatic hydroxyl groups is 2.